The van der Waals surface area contributed by atoms with Crippen molar-refractivity contribution in [2.45, 2.75) is 25.4 Å². The summed E-state index contributed by atoms with van der Waals surface area (Å²) in [4.78, 5) is 2.46. The number of nitrogens with zero attached hydrogens (tertiary/aromatic N) is 2. The van der Waals surface area contributed by atoms with Crippen molar-refractivity contribution in [3.63, 3.8) is 0 Å². The zero-order chi connectivity index (χ0) is 16.0. The predicted molar refractivity (Wildman–Crippen MR) is 90.2 cm³/mol. The molecule has 6 heteroatoms. The van der Waals surface area contributed by atoms with Gasteiger partial charge in [-0.25, -0.2) is 12.7 Å². The van der Waals surface area contributed by atoms with Crippen LogP contribution in [0, 0.1) is 0 Å². The molecule has 0 radical (unpaired) electrons. The maximum Gasteiger partial charge on any atom is 0.214 e. The van der Waals surface area contributed by atoms with Gasteiger partial charge in [0.05, 0.1) is 5.75 Å². The van der Waals surface area contributed by atoms with Crippen LogP contribution in [0.2, 0.25) is 0 Å². The Bertz CT molecular complexity index is 538. The Morgan fingerprint density at radius 1 is 1.18 bits per heavy atom. The van der Waals surface area contributed by atoms with Gasteiger partial charge in [-0.2, -0.15) is 0 Å². The van der Waals surface area contributed by atoms with Crippen molar-refractivity contribution in [3.8, 4) is 0 Å². The van der Waals surface area contributed by atoms with Crippen LogP contribution in [0.5, 0.6) is 0 Å². The smallest absolute Gasteiger partial charge is 0.214 e. The van der Waals surface area contributed by atoms with Crippen LogP contribution in [-0.2, 0) is 16.6 Å². The van der Waals surface area contributed by atoms with Crippen LogP contribution in [0.15, 0.2) is 30.3 Å². The molecule has 1 fully saturated rings. The van der Waals surface area contributed by atoms with E-state index in [0.29, 0.717) is 12.6 Å². The average Bonchev–Trinajstić information content (AvgIpc) is 2.50. The molecule has 1 N–H and O–H groups in total. The fraction of sp³-hybridized carbons (Fsp3) is 0.625. The predicted octanol–water partition coefficient (Wildman–Crippen LogP) is 1.13. The highest BCUT2D eigenvalue weighted by molar-refractivity contribution is 7.89. The van der Waals surface area contributed by atoms with Gasteiger partial charge < -0.3 is 5.32 Å². The van der Waals surface area contributed by atoms with Crippen molar-refractivity contribution in [2.24, 2.45) is 0 Å². The molecule has 1 saturated heterocycles. The summed E-state index contributed by atoms with van der Waals surface area (Å²) >= 11 is 0. The van der Waals surface area contributed by atoms with Gasteiger partial charge in [0.15, 0.2) is 0 Å². The maximum absolute atomic E-state index is 11.7. The van der Waals surface area contributed by atoms with E-state index in [1.54, 1.807) is 14.1 Å². The summed E-state index contributed by atoms with van der Waals surface area (Å²) in [5.74, 6) is 0.171. The number of nitrogens with one attached hydrogen (secondary N) is 1. The van der Waals surface area contributed by atoms with Gasteiger partial charge in [-0.1, -0.05) is 30.3 Å². The lowest BCUT2D eigenvalue weighted by Gasteiger charge is -2.32. The summed E-state index contributed by atoms with van der Waals surface area (Å²) in [6, 6.07) is 11.0. The summed E-state index contributed by atoms with van der Waals surface area (Å²) in [7, 11) is 0.0715. The van der Waals surface area contributed by atoms with Gasteiger partial charge in [-0.15, -0.1) is 0 Å². The second-order valence-corrected chi connectivity index (χ2v) is 8.39. The zero-order valence-electron chi connectivity index (χ0n) is 13.5. The lowest BCUT2D eigenvalue weighted by Crippen LogP contribution is -2.44. The first-order chi connectivity index (χ1) is 10.5. The topological polar surface area (TPSA) is 52.7 Å². The van der Waals surface area contributed by atoms with Crippen molar-refractivity contribution < 1.29 is 8.42 Å². The number of piperidine rings is 1. The van der Waals surface area contributed by atoms with E-state index in [1.165, 1.54) is 9.87 Å². The highest BCUT2D eigenvalue weighted by Gasteiger charge is 2.20. The third-order valence-corrected chi connectivity index (χ3v) is 6.02. The van der Waals surface area contributed by atoms with Gasteiger partial charge in [0.1, 0.15) is 0 Å². The van der Waals surface area contributed by atoms with E-state index in [-0.39, 0.29) is 5.75 Å². The van der Waals surface area contributed by atoms with Crippen molar-refractivity contribution in [2.75, 3.05) is 39.5 Å². The molecule has 1 heterocycles. The summed E-state index contributed by atoms with van der Waals surface area (Å²) in [6.45, 7) is 3.66. The molecule has 22 heavy (non-hydrogen) atoms. The van der Waals surface area contributed by atoms with Crippen LogP contribution in [-0.4, -0.2) is 63.1 Å². The second-order valence-electron chi connectivity index (χ2n) is 6.09. The molecular weight excluding hydrogens is 298 g/mol. The Kier molecular flexibility index (Phi) is 6.37. The normalized spacial score (nSPS) is 18.0. The summed E-state index contributed by atoms with van der Waals surface area (Å²) in [5, 5.41) is 3.38. The van der Waals surface area contributed by atoms with E-state index < -0.39 is 10.0 Å². The molecule has 0 spiro atoms. The molecular formula is C16H27N3O2S. The van der Waals surface area contributed by atoms with E-state index in [9.17, 15) is 8.42 Å². The van der Waals surface area contributed by atoms with Gasteiger partial charge in [-0.3, -0.25) is 4.90 Å². The van der Waals surface area contributed by atoms with Gasteiger partial charge in [0.25, 0.3) is 0 Å². The lowest BCUT2D eigenvalue weighted by molar-refractivity contribution is 0.192. The zero-order valence-corrected chi connectivity index (χ0v) is 14.3. The molecule has 0 amide bonds. The van der Waals surface area contributed by atoms with E-state index >= 15 is 0 Å². The Balaban J connectivity index is 1.67. The van der Waals surface area contributed by atoms with Crippen LogP contribution in [0.25, 0.3) is 0 Å². The Hall–Kier alpha value is -0.950. The number of hydrogen-bond donors (Lipinski definition) is 1. The first-order valence-corrected chi connectivity index (χ1v) is 9.48. The van der Waals surface area contributed by atoms with Crippen LogP contribution in [0.1, 0.15) is 18.4 Å². The van der Waals surface area contributed by atoms with Crippen LogP contribution >= 0.6 is 0 Å². The van der Waals surface area contributed by atoms with Crippen molar-refractivity contribution >= 4 is 10.0 Å². The first-order valence-electron chi connectivity index (χ1n) is 7.87. The highest BCUT2D eigenvalue weighted by Crippen LogP contribution is 2.13. The quantitative estimate of drug-likeness (QED) is 0.817. The number of benzene rings is 1. The third kappa shape index (κ3) is 5.35. The lowest BCUT2D eigenvalue weighted by atomic mass is 10.0. The SMILES string of the molecule is CN(C)S(=O)(=O)CCNC1CCN(Cc2ccccc2)CC1. The standard InChI is InChI=1S/C16H27N3O2S/c1-18(2)22(20,21)13-10-17-16-8-11-19(12-9-16)14-15-6-4-3-5-7-15/h3-7,16-17H,8-14H2,1-2H3. The van der Waals surface area contributed by atoms with Gasteiger partial charge in [0, 0.05) is 33.2 Å². The van der Waals surface area contributed by atoms with Crippen LogP contribution < -0.4 is 5.32 Å². The number of hydrogen-bond acceptors (Lipinski definition) is 4. The maximum atomic E-state index is 11.7. The van der Waals surface area contributed by atoms with E-state index in [0.717, 1.165) is 32.5 Å². The second kappa shape index (κ2) is 8.06. The van der Waals surface area contributed by atoms with Gasteiger partial charge in [0.2, 0.25) is 10.0 Å². The number of sulfonamides is 1. The minimum absolute atomic E-state index is 0.171. The van der Waals surface area contributed by atoms with E-state index in [4.69, 9.17) is 0 Å². The van der Waals surface area contributed by atoms with Gasteiger partial charge >= 0.3 is 0 Å². The Labute approximate surface area is 134 Å². The van der Waals surface area contributed by atoms with Gasteiger partial charge in [-0.05, 0) is 31.5 Å². The fourth-order valence-corrected chi connectivity index (χ4v) is 3.45. The minimum atomic E-state index is -3.09. The highest BCUT2D eigenvalue weighted by atomic mass is 32.2. The summed E-state index contributed by atoms with van der Waals surface area (Å²) in [5.41, 5.74) is 1.35. The average molecular weight is 325 g/mol. The molecule has 0 saturated carbocycles. The molecule has 1 aromatic carbocycles. The molecule has 1 aliphatic rings. The summed E-state index contributed by atoms with van der Waals surface area (Å²) < 4.78 is 24.7. The number of rotatable bonds is 7. The Morgan fingerprint density at radius 3 is 2.41 bits per heavy atom. The Morgan fingerprint density at radius 2 is 1.82 bits per heavy atom. The van der Waals surface area contributed by atoms with Crippen molar-refractivity contribution in [3.05, 3.63) is 35.9 Å². The molecule has 0 unspecified atom stereocenters. The molecule has 0 aliphatic carbocycles. The number of likely N-dealkylation sites (tertiary alicyclic amines) is 1. The molecule has 124 valence electrons. The molecule has 1 aliphatic heterocycles. The van der Waals surface area contributed by atoms with Crippen molar-refractivity contribution in [1.82, 2.24) is 14.5 Å². The van der Waals surface area contributed by atoms with Crippen LogP contribution in [0.4, 0.5) is 0 Å². The third-order valence-electron chi connectivity index (χ3n) is 4.19. The van der Waals surface area contributed by atoms with E-state index in [2.05, 4.69) is 34.5 Å². The van der Waals surface area contributed by atoms with E-state index in [1.807, 2.05) is 6.07 Å². The molecule has 0 aromatic heterocycles. The first kappa shape index (κ1) is 17.4. The fourth-order valence-electron chi connectivity index (χ4n) is 2.71. The summed E-state index contributed by atoms with van der Waals surface area (Å²) in [6.07, 6.45) is 2.16. The largest absolute Gasteiger partial charge is 0.313 e. The molecule has 0 atom stereocenters. The molecule has 2 rings (SSSR count). The molecule has 5 nitrogen and oxygen atoms in total. The van der Waals surface area contributed by atoms with Crippen LogP contribution in [0.3, 0.4) is 0 Å². The minimum Gasteiger partial charge on any atom is -0.313 e. The molecule has 1 aromatic rings. The molecule has 0 bridgehead atoms. The monoisotopic (exact) mass is 325 g/mol. The van der Waals surface area contributed by atoms with Crippen molar-refractivity contribution in [1.29, 1.82) is 0 Å².